The standard InChI is InChI=1S/C12H9BrN4/c1-8-3-2-4-9(11(8)13)17-12-10(7-14)15-5-6-16-12/h2-6H,1H3,(H,16,17). The molecule has 0 aliphatic heterocycles. The molecule has 0 atom stereocenters. The molecule has 0 fully saturated rings. The second kappa shape index (κ2) is 4.93. The lowest BCUT2D eigenvalue weighted by molar-refractivity contribution is 1.16. The van der Waals surface area contributed by atoms with E-state index in [4.69, 9.17) is 5.26 Å². The first-order chi connectivity index (χ1) is 8.22. The highest BCUT2D eigenvalue weighted by Crippen LogP contribution is 2.28. The van der Waals surface area contributed by atoms with Crippen molar-refractivity contribution in [3.05, 3.63) is 46.3 Å². The van der Waals surface area contributed by atoms with E-state index in [1.807, 2.05) is 31.2 Å². The molecule has 2 aromatic rings. The molecule has 0 radical (unpaired) electrons. The SMILES string of the molecule is Cc1cccc(Nc2nccnc2C#N)c1Br. The minimum atomic E-state index is 0.279. The van der Waals surface area contributed by atoms with Crippen molar-refractivity contribution in [2.24, 2.45) is 0 Å². The van der Waals surface area contributed by atoms with Gasteiger partial charge in [-0.15, -0.1) is 0 Å². The number of aryl methyl sites for hydroxylation is 1. The predicted octanol–water partition coefficient (Wildman–Crippen LogP) is 3.16. The summed E-state index contributed by atoms with van der Waals surface area (Å²) < 4.78 is 0.953. The fraction of sp³-hybridized carbons (Fsp3) is 0.0833. The molecule has 17 heavy (non-hydrogen) atoms. The van der Waals surface area contributed by atoms with Gasteiger partial charge in [-0.05, 0) is 34.5 Å². The Labute approximate surface area is 107 Å². The first-order valence-corrected chi connectivity index (χ1v) is 5.75. The van der Waals surface area contributed by atoms with Crippen LogP contribution in [-0.2, 0) is 0 Å². The zero-order valence-corrected chi connectivity index (χ0v) is 10.7. The normalized spacial score (nSPS) is 9.71. The number of hydrogen-bond acceptors (Lipinski definition) is 4. The van der Waals surface area contributed by atoms with Crippen LogP contribution in [0.4, 0.5) is 11.5 Å². The van der Waals surface area contributed by atoms with Crippen LogP contribution in [0.25, 0.3) is 0 Å². The number of nitrogens with zero attached hydrogens (tertiary/aromatic N) is 3. The van der Waals surface area contributed by atoms with Gasteiger partial charge in [0, 0.05) is 16.9 Å². The van der Waals surface area contributed by atoms with E-state index in [9.17, 15) is 0 Å². The van der Waals surface area contributed by atoms with Crippen LogP contribution in [0, 0.1) is 18.3 Å². The van der Waals surface area contributed by atoms with Gasteiger partial charge >= 0.3 is 0 Å². The summed E-state index contributed by atoms with van der Waals surface area (Å²) in [5.41, 5.74) is 2.25. The Bertz CT molecular complexity index is 589. The van der Waals surface area contributed by atoms with Crippen molar-refractivity contribution in [1.29, 1.82) is 5.26 Å². The summed E-state index contributed by atoms with van der Waals surface area (Å²) in [6.45, 7) is 2.00. The van der Waals surface area contributed by atoms with Gasteiger partial charge in [-0.25, -0.2) is 9.97 Å². The Hall–Kier alpha value is -1.93. The lowest BCUT2D eigenvalue weighted by atomic mass is 10.2. The topological polar surface area (TPSA) is 61.6 Å². The van der Waals surface area contributed by atoms with Crippen LogP contribution in [0.1, 0.15) is 11.3 Å². The summed E-state index contributed by atoms with van der Waals surface area (Å²) >= 11 is 3.49. The molecule has 0 bridgehead atoms. The van der Waals surface area contributed by atoms with E-state index in [1.54, 1.807) is 6.20 Å². The lowest BCUT2D eigenvalue weighted by Crippen LogP contribution is -1.99. The van der Waals surface area contributed by atoms with E-state index < -0.39 is 0 Å². The van der Waals surface area contributed by atoms with Crippen molar-refractivity contribution < 1.29 is 0 Å². The van der Waals surface area contributed by atoms with E-state index >= 15 is 0 Å². The molecule has 4 nitrogen and oxygen atoms in total. The maximum absolute atomic E-state index is 8.92. The molecule has 2 rings (SSSR count). The molecular weight excluding hydrogens is 280 g/mol. The van der Waals surface area contributed by atoms with Crippen molar-refractivity contribution in [2.75, 3.05) is 5.32 Å². The van der Waals surface area contributed by atoms with Crippen LogP contribution in [0.2, 0.25) is 0 Å². The van der Waals surface area contributed by atoms with Gasteiger partial charge in [0.05, 0.1) is 5.69 Å². The molecule has 1 aromatic heterocycles. The maximum Gasteiger partial charge on any atom is 0.183 e. The highest BCUT2D eigenvalue weighted by molar-refractivity contribution is 9.10. The van der Waals surface area contributed by atoms with Crippen molar-refractivity contribution in [3.63, 3.8) is 0 Å². The van der Waals surface area contributed by atoms with E-state index in [0.717, 1.165) is 15.7 Å². The van der Waals surface area contributed by atoms with Gasteiger partial charge in [0.1, 0.15) is 6.07 Å². The first-order valence-electron chi connectivity index (χ1n) is 4.95. The fourth-order valence-electron chi connectivity index (χ4n) is 1.38. The minimum absolute atomic E-state index is 0.279. The molecule has 0 aliphatic rings. The van der Waals surface area contributed by atoms with E-state index in [-0.39, 0.29) is 5.69 Å². The molecule has 0 unspecified atom stereocenters. The summed E-state index contributed by atoms with van der Waals surface area (Å²) in [7, 11) is 0. The van der Waals surface area contributed by atoms with Crippen molar-refractivity contribution >= 4 is 27.4 Å². The minimum Gasteiger partial charge on any atom is -0.337 e. The monoisotopic (exact) mass is 288 g/mol. The second-order valence-electron chi connectivity index (χ2n) is 3.43. The number of rotatable bonds is 2. The first kappa shape index (κ1) is 11.6. The molecule has 5 heteroatoms. The number of aromatic nitrogens is 2. The second-order valence-corrected chi connectivity index (χ2v) is 4.22. The van der Waals surface area contributed by atoms with Crippen LogP contribution in [0.5, 0.6) is 0 Å². The Morgan fingerprint density at radius 2 is 2.06 bits per heavy atom. The number of halogens is 1. The van der Waals surface area contributed by atoms with Gasteiger partial charge in [0.2, 0.25) is 0 Å². The molecular formula is C12H9BrN4. The van der Waals surface area contributed by atoms with Gasteiger partial charge in [-0.2, -0.15) is 5.26 Å². The Kier molecular flexibility index (Phi) is 3.35. The van der Waals surface area contributed by atoms with Crippen LogP contribution in [0.15, 0.2) is 35.1 Å². The quantitative estimate of drug-likeness (QED) is 0.922. The molecule has 0 saturated heterocycles. The lowest BCUT2D eigenvalue weighted by Gasteiger charge is -2.09. The molecule has 84 valence electrons. The van der Waals surface area contributed by atoms with Crippen molar-refractivity contribution in [2.45, 2.75) is 6.92 Å². The van der Waals surface area contributed by atoms with Crippen molar-refractivity contribution in [1.82, 2.24) is 9.97 Å². The molecule has 0 aliphatic carbocycles. The summed E-state index contributed by atoms with van der Waals surface area (Å²) in [4.78, 5) is 8.04. The largest absolute Gasteiger partial charge is 0.337 e. The average Bonchev–Trinajstić information content (AvgIpc) is 2.35. The van der Waals surface area contributed by atoms with Crippen LogP contribution in [-0.4, -0.2) is 9.97 Å². The van der Waals surface area contributed by atoms with Gasteiger partial charge in [-0.3, -0.25) is 0 Å². The number of anilines is 2. The van der Waals surface area contributed by atoms with Crippen LogP contribution in [0.3, 0.4) is 0 Å². The third kappa shape index (κ3) is 2.43. The Morgan fingerprint density at radius 1 is 1.29 bits per heavy atom. The van der Waals surface area contributed by atoms with Gasteiger partial charge in [-0.1, -0.05) is 12.1 Å². The summed E-state index contributed by atoms with van der Waals surface area (Å²) in [6.07, 6.45) is 3.04. The Balaban J connectivity index is 2.39. The third-order valence-corrected chi connectivity index (χ3v) is 3.30. The average molecular weight is 289 g/mol. The number of benzene rings is 1. The predicted molar refractivity (Wildman–Crippen MR) is 68.9 cm³/mol. The number of nitrogens with one attached hydrogen (secondary N) is 1. The number of hydrogen-bond donors (Lipinski definition) is 1. The molecule has 1 aromatic carbocycles. The maximum atomic E-state index is 8.92. The molecule has 0 amide bonds. The fourth-order valence-corrected chi connectivity index (χ4v) is 1.75. The summed E-state index contributed by atoms with van der Waals surface area (Å²) in [5, 5.41) is 12.0. The van der Waals surface area contributed by atoms with E-state index in [1.165, 1.54) is 6.20 Å². The third-order valence-electron chi connectivity index (χ3n) is 2.25. The Morgan fingerprint density at radius 3 is 2.82 bits per heavy atom. The number of nitriles is 1. The highest BCUT2D eigenvalue weighted by atomic mass is 79.9. The molecule has 0 saturated carbocycles. The zero-order valence-electron chi connectivity index (χ0n) is 9.11. The van der Waals surface area contributed by atoms with Gasteiger partial charge < -0.3 is 5.32 Å². The summed E-state index contributed by atoms with van der Waals surface area (Å²) in [6, 6.07) is 7.84. The van der Waals surface area contributed by atoms with E-state index in [2.05, 4.69) is 31.2 Å². The van der Waals surface area contributed by atoms with Gasteiger partial charge in [0.15, 0.2) is 11.5 Å². The van der Waals surface area contributed by atoms with Crippen LogP contribution < -0.4 is 5.32 Å². The molecule has 1 heterocycles. The van der Waals surface area contributed by atoms with Gasteiger partial charge in [0.25, 0.3) is 0 Å². The zero-order chi connectivity index (χ0) is 12.3. The van der Waals surface area contributed by atoms with Crippen LogP contribution >= 0.6 is 15.9 Å². The van der Waals surface area contributed by atoms with Crippen molar-refractivity contribution in [3.8, 4) is 6.07 Å². The molecule has 0 spiro atoms. The molecule has 1 N–H and O–H groups in total. The smallest absolute Gasteiger partial charge is 0.183 e. The van der Waals surface area contributed by atoms with E-state index in [0.29, 0.717) is 5.82 Å². The highest BCUT2D eigenvalue weighted by Gasteiger charge is 2.07. The summed E-state index contributed by atoms with van der Waals surface area (Å²) in [5.74, 6) is 0.460.